The number of hydrogen-bond donors (Lipinski definition) is 1. The van der Waals surface area contributed by atoms with Crippen LogP contribution >= 0.6 is 22.9 Å². The fourth-order valence-electron chi connectivity index (χ4n) is 2.49. The molecule has 0 spiro atoms. The first-order valence-corrected chi connectivity index (χ1v) is 8.14. The molecule has 0 bridgehead atoms. The molecule has 0 fully saturated rings. The minimum Gasteiger partial charge on any atom is -0.302 e. The molecule has 0 saturated heterocycles. The third-order valence-corrected chi connectivity index (χ3v) is 4.89. The average Bonchev–Trinajstić information content (AvgIpc) is 2.83. The molecule has 0 radical (unpaired) electrons. The van der Waals surface area contributed by atoms with Gasteiger partial charge < -0.3 is 5.32 Å². The number of carbonyl (C=O) groups is 1. The molecule has 1 N–H and O–H groups in total. The normalized spacial score (nSPS) is 14.7. The van der Waals surface area contributed by atoms with Gasteiger partial charge in [0.1, 0.15) is 5.82 Å². The number of aromatic nitrogens is 1. The molecule has 0 unspecified atom stereocenters. The largest absolute Gasteiger partial charge is 0.302 e. The first-order chi connectivity index (χ1) is 10.5. The van der Waals surface area contributed by atoms with E-state index in [1.165, 1.54) is 24.3 Å². The van der Waals surface area contributed by atoms with Gasteiger partial charge in [0.15, 0.2) is 5.13 Å². The van der Waals surface area contributed by atoms with Crippen LogP contribution in [0.1, 0.15) is 23.1 Å². The summed E-state index contributed by atoms with van der Waals surface area (Å²) in [6, 6.07) is 4.74. The van der Waals surface area contributed by atoms with E-state index in [0.29, 0.717) is 28.8 Å². The first kappa shape index (κ1) is 15.4. The Hall–Kier alpha value is -1.50. The monoisotopic (exact) mass is 339 g/mol. The summed E-state index contributed by atoms with van der Waals surface area (Å²) >= 11 is 7.56. The standard InChI is InChI=1S/C15H15ClFN3OS/c1-9(21)18-15-19-13-5-6-20(8-14(13)22-15)7-10-11(16)3-2-4-12(10)17/h2-4H,5-8H2,1H3,(H,18,19,21). The van der Waals surface area contributed by atoms with Gasteiger partial charge in [0, 0.05) is 48.4 Å². The van der Waals surface area contributed by atoms with Crippen LogP contribution in [0.3, 0.4) is 0 Å². The molecule has 22 heavy (non-hydrogen) atoms. The SMILES string of the molecule is CC(=O)Nc1nc2c(s1)CN(Cc1c(F)cccc1Cl)CC2. The Kier molecular flexibility index (Phi) is 4.42. The van der Waals surface area contributed by atoms with Crippen molar-refractivity contribution in [2.24, 2.45) is 0 Å². The number of carbonyl (C=O) groups excluding carboxylic acids is 1. The minimum atomic E-state index is -0.276. The van der Waals surface area contributed by atoms with Crippen molar-refractivity contribution in [3.63, 3.8) is 0 Å². The van der Waals surface area contributed by atoms with E-state index in [4.69, 9.17) is 11.6 Å². The third-order valence-electron chi connectivity index (χ3n) is 3.54. The van der Waals surface area contributed by atoms with Gasteiger partial charge >= 0.3 is 0 Å². The highest BCUT2D eigenvalue weighted by Crippen LogP contribution is 2.30. The van der Waals surface area contributed by atoms with E-state index in [2.05, 4.69) is 15.2 Å². The highest BCUT2D eigenvalue weighted by molar-refractivity contribution is 7.15. The van der Waals surface area contributed by atoms with Gasteiger partial charge in [0.05, 0.1) is 5.69 Å². The molecule has 7 heteroatoms. The van der Waals surface area contributed by atoms with Gasteiger partial charge in [0.25, 0.3) is 0 Å². The van der Waals surface area contributed by atoms with Crippen molar-refractivity contribution >= 4 is 34.0 Å². The predicted molar refractivity (Wildman–Crippen MR) is 85.6 cm³/mol. The van der Waals surface area contributed by atoms with Gasteiger partial charge in [-0.05, 0) is 12.1 Å². The highest BCUT2D eigenvalue weighted by Gasteiger charge is 2.22. The highest BCUT2D eigenvalue weighted by atomic mass is 35.5. The van der Waals surface area contributed by atoms with E-state index in [1.54, 1.807) is 12.1 Å². The van der Waals surface area contributed by atoms with Crippen molar-refractivity contribution in [2.75, 3.05) is 11.9 Å². The van der Waals surface area contributed by atoms with E-state index in [1.807, 2.05) is 0 Å². The van der Waals surface area contributed by atoms with Gasteiger partial charge in [-0.2, -0.15) is 0 Å². The number of nitrogens with one attached hydrogen (secondary N) is 1. The Balaban J connectivity index is 1.74. The molecule has 2 heterocycles. The molecular formula is C15H15ClFN3OS. The molecule has 2 aromatic rings. The molecule has 1 aromatic heterocycles. The van der Waals surface area contributed by atoms with Crippen LogP contribution in [0.15, 0.2) is 18.2 Å². The Labute approximate surface area is 136 Å². The Bertz CT molecular complexity index is 699. The number of thiazole rings is 1. The van der Waals surface area contributed by atoms with Crippen molar-refractivity contribution in [2.45, 2.75) is 26.4 Å². The summed E-state index contributed by atoms with van der Waals surface area (Å²) in [5.74, 6) is -0.400. The molecular weight excluding hydrogens is 325 g/mol. The molecule has 0 atom stereocenters. The van der Waals surface area contributed by atoms with E-state index in [0.717, 1.165) is 23.5 Å². The zero-order valence-electron chi connectivity index (χ0n) is 12.0. The Morgan fingerprint density at radius 1 is 1.55 bits per heavy atom. The number of halogens is 2. The lowest BCUT2D eigenvalue weighted by molar-refractivity contribution is -0.114. The number of nitrogens with zero attached hydrogens (tertiary/aromatic N) is 2. The van der Waals surface area contributed by atoms with Crippen molar-refractivity contribution in [3.05, 3.63) is 45.2 Å². The lowest BCUT2D eigenvalue weighted by atomic mass is 10.1. The minimum absolute atomic E-state index is 0.124. The van der Waals surface area contributed by atoms with Gasteiger partial charge in [-0.25, -0.2) is 9.37 Å². The number of fused-ring (bicyclic) bond motifs is 1. The van der Waals surface area contributed by atoms with Crippen LogP contribution in [-0.2, 0) is 24.3 Å². The number of hydrogen-bond acceptors (Lipinski definition) is 4. The predicted octanol–water partition coefficient (Wildman–Crippen LogP) is 3.45. The molecule has 1 aliphatic rings. The third kappa shape index (κ3) is 3.29. The van der Waals surface area contributed by atoms with Gasteiger partial charge in [0.2, 0.25) is 5.91 Å². The number of rotatable bonds is 3. The summed E-state index contributed by atoms with van der Waals surface area (Å²) in [5.41, 5.74) is 1.55. The maximum absolute atomic E-state index is 13.9. The zero-order chi connectivity index (χ0) is 15.7. The van der Waals surface area contributed by atoms with Crippen molar-refractivity contribution in [1.82, 2.24) is 9.88 Å². The van der Waals surface area contributed by atoms with Gasteiger partial charge in [-0.15, -0.1) is 11.3 Å². The fraction of sp³-hybridized carbons (Fsp3) is 0.333. The molecule has 1 amide bonds. The van der Waals surface area contributed by atoms with Crippen LogP contribution in [-0.4, -0.2) is 22.3 Å². The number of benzene rings is 1. The summed E-state index contributed by atoms with van der Waals surface area (Å²) in [6.45, 7) is 3.42. The maximum atomic E-state index is 13.9. The molecule has 4 nitrogen and oxygen atoms in total. The topological polar surface area (TPSA) is 45.2 Å². The summed E-state index contributed by atoms with van der Waals surface area (Å²) in [7, 11) is 0. The van der Waals surface area contributed by atoms with Crippen LogP contribution in [0.25, 0.3) is 0 Å². The average molecular weight is 340 g/mol. The van der Waals surface area contributed by atoms with Crippen molar-refractivity contribution in [1.29, 1.82) is 0 Å². The molecule has 1 aliphatic heterocycles. The number of anilines is 1. The fourth-order valence-corrected chi connectivity index (χ4v) is 3.81. The lowest BCUT2D eigenvalue weighted by Gasteiger charge is -2.26. The smallest absolute Gasteiger partial charge is 0.223 e. The maximum Gasteiger partial charge on any atom is 0.223 e. The summed E-state index contributed by atoms with van der Waals surface area (Å²) < 4.78 is 13.9. The van der Waals surface area contributed by atoms with Crippen molar-refractivity contribution < 1.29 is 9.18 Å². The van der Waals surface area contributed by atoms with Crippen LogP contribution in [0, 0.1) is 5.82 Å². The molecule has 0 aliphatic carbocycles. The Morgan fingerprint density at radius 3 is 3.09 bits per heavy atom. The molecule has 3 rings (SSSR count). The molecule has 116 valence electrons. The molecule has 1 aromatic carbocycles. The van der Waals surface area contributed by atoms with Gasteiger partial charge in [-0.1, -0.05) is 17.7 Å². The lowest BCUT2D eigenvalue weighted by Crippen LogP contribution is -2.29. The van der Waals surface area contributed by atoms with Crippen LogP contribution < -0.4 is 5.32 Å². The van der Waals surface area contributed by atoms with E-state index in [9.17, 15) is 9.18 Å². The second-order valence-electron chi connectivity index (χ2n) is 5.23. The summed E-state index contributed by atoms with van der Waals surface area (Å²) in [6.07, 6.45) is 0.789. The van der Waals surface area contributed by atoms with Crippen molar-refractivity contribution in [3.8, 4) is 0 Å². The van der Waals surface area contributed by atoms with E-state index in [-0.39, 0.29) is 11.7 Å². The number of amides is 1. The van der Waals surface area contributed by atoms with Crippen LogP contribution in [0.5, 0.6) is 0 Å². The second-order valence-corrected chi connectivity index (χ2v) is 6.72. The van der Waals surface area contributed by atoms with Crippen LogP contribution in [0.4, 0.5) is 9.52 Å². The quantitative estimate of drug-likeness (QED) is 0.931. The summed E-state index contributed by atoms with van der Waals surface area (Å²) in [5, 5.41) is 3.79. The Morgan fingerprint density at radius 2 is 2.36 bits per heavy atom. The summed E-state index contributed by atoms with van der Waals surface area (Å²) in [4.78, 5) is 18.8. The van der Waals surface area contributed by atoms with E-state index < -0.39 is 0 Å². The second kappa shape index (κ2) is 6.32. The molecule has 0 saturated carbocycles. The zero-order valence-corrected chi connectivity index (χ0v) is 13.6. The van der Waals surface area contributed by atoms with Gasteiger partial charge in [-0.3, -0.25) is 9.69 Å². The van der Waals surface area contributed by atoms with E-state index >= 15 is 0 Å². The van der Waals surface area contributed by atoms with Crippen LogP contribution in [0.2, 0.25) is 5.02 Å². The first-order valence-electron chi connectivity index (χ1n) is 6.94.